The van der Waals surface area contributed by atoms with E-state index in [1.54, 1.807) is 24.3 Å². The predicted molar refractivity (Wildman–Crippen MR) is 79.4 cm³/mol. The van der Waals surface area contributed by atoms with Gasteiger partial charge in [0.05, 0.1) is 28.4 Å². The minimum Gasteiger partial charge on any atom is -0.385 e. The first-order valence-electron chi connectivity index (χ1n) is 6.56. The number of halogens is 1. The number of rotatable bonds is 4. The maximum absolute atomic E-state index is 12.2. The number of aliphatic hydroxyl groups excluding tert-OH is 1. The van der Waals surface area contributed by atoms with Gasteiger partial charge in [0.15, 0.2) is 5.95 Å². The van der Waals surface area contributed by atoms with Crippen molar-refractivity contribution in [2.75, 3.05) is 12.3 Å². The summed E-state index contributed by atoms with van der Waals surface area (Å²) >= 11 is 6.14. The number of hydrogen-bond donors (Lipinski definition) is 3. The minimum absolute atomic E-state index is 0.117. The number of aromatic amines is 1. The molecule has 22 heavy (non-hydrogen) atoms. The average molecular weight is 321 g/mol. The number of alkyl halides is 1. The highest BCUT2D eigenvalue weighted by Gasteiger charge is 2.37. The number of aromatic nitrogens is 2. The lowest BCUT2D eigenvalue weighted by atomic mass is 10.1. The number of amides is 2. The van der Waals surface area contributed by atoms with Crippen LogP contribution in [-0.2, 0) is 0 Å². The molecule has 8 heteroatoms. The number of benzene rings is 1. The second-order valence-electron chi connectivity index (χ2n) is 4.95. The van der Waals surface area contributed by atoms with Crippen molar-refractivity contribution in [3.05, 3.63) is 47.3 Å². The smallest absolute Gasteiger partial charge is 0.261 e. The van der Waals surface area contributed by atoms with Crippen LogP contribution in [-0.4, -0.2) is 43.7 Å². The van der Waals surface area contributed by atoms with E-state index in [-0.39, 0.29) is 12.5 Å². The molecule has 0 unspecified atom stereocenters. The summed E-state index contributed by atoms with van der Waals surface area (Å²) in [5.74, 6) is -0.677. The number of imidazole rings is 1. The van der Waals surface area contributed by atoms with Gasteiger partial charge in [-0.3, -0.25) is 14.5 Å². The quantitative estimate of drug-likeness (QED) is 0.573. The Bertz CT molecular complexity index is 710. The van der Waals surface area contributed by atoms with E-state index in [9.17, 15) is 14.7 Å². The molecule has 2 atom stereocenters. The van der Waals surface area contributed by atoms with E-state index >= 15 is 0 Å². The molecule has 0 radical (unpaired) electrons. The van der Waals surface area contributed by atoms with E-state index in [1.807, 2.05) is 0 Å². The molecular weight excluding hydrogens is 308 g/mol. The summed E-state index contributed by atoms with van der Waals surface area (Å²) in [7, 11) is 0. The normalized spacial score (nSPS) is 16.7. The van der Waals surface area contributed by atoms with E-state index in [4.69, 9.17) is 17.3 Å². The highest BCUT2D eigenvalue weighted by Crippen LogP contribution is 2.26. The number of carbonyl (C=O) groups is 2. The summed E-state index contributed by atoms with van der Waals surface area (Å²) in [6, 6.07) is 6.55. The maximum atomic E-state index is 12.2. The van der Waals surface area contributed by atoms with Crippen LogP contribution < -0.4 is 5.73 Å². The number of nitrogens with two attached hydrogens (primary N) is 1. The van der Waals surface area contributed by atoms with E-state index in [2.05, 4.69) is 9.97 Å². The van der Waals surface area contributed by atoms with Crippen molar-refractivity contribution in [1.82, 2.24) is 14.9 Å². The highest BCUT2D eigenvalue weighted by molar-refractivity contribution is 6.24. The Labute approximate surface area is 130 Å². The van der Waals surface area contributed by atoms with Crippen LogP contribution in [0.1, 0.15) is 32.5 Å². The summed E-state index contributed by atoms with van der Waals surface area (Å²) in [4.78, 5) is 31.9. The second kappa shape index (κ2) is 5.43. The number of nitrogens with zero attached hydrogens (tertiary/aromatic N) is 2. The summed E-state index contributed by atoms with van der Waals surface area (Å²) < 4.78 is 0. The Morgan fingerprint density at radius 3 is 2.36 bits per heavy atom. The third kappa shape index (κ3) is 2.34. The zero-order valence-corrected chi connectivity index (χ0v) is 12.1. The third-order valence-corrected chi connectivity index (χ3v) is 3.89. The molecule has 114 valence electrons. The Balaban J connectivity index is 1.77. The van der Waals surface area contributed by atoms with Crippen LogP contribution in [0, 0.1) is 0 Å². The summed E-state index contributed by atoms with van der Waals surface area (Å²) in [5.41, 5.74) is 6.46. The Kier molecular flexibility index (Phi) is 3.59. The van der Waals surface area contributed by atoms with Crippen LogP contribution in [0.3, 0.4) is 0 Å². The first kappa shape index (κ1) is 14.6. The zero-order valence-electron chi connectivity index (χ0n) is 11.4. The highest BCUT2D eigenvalue weighted by atomic mass is 35.5. The minimum atomic E-state index is -1.13. The molecule has 1 aliphatic rings. The van der Waals surface area contributed by atoms with Crippen molar-refractivity contribution in [3.63, 3.8) is 0 Å². The fraction of sp³-hybridized carbons (Fsp3) is 0.214. The number of nitrogen functional groups attached to an aromatic ring is 1. The Morgan fingerprint density at radius 2 is 1.86 bits per heavy atom. The van der Waals surface area contributed by atoms with Gasteiger partial charge in [0.25, 0.3) is 11.8 Å². The van der Waals surface area contributed by atoms with Crippen LogP contribution in [0.5, 0.6) is 0 Å². The molecule has 1 aromatic heterocycles. The van der Waals surface area contributed by atoms with Crippen LogP contribution >= 0.6 is 11.6 Å². The largest absolute Gasteiger partial charge is 0.385 e. The lowest BCUT2D eigenvalue weighted by Crippen LogP contribution is -2.37. The molecule has 1 aliphatic heterocycles. The first-order valence-corrected chi connectivity index (χ1v) is 7.00. The molecule has 0 saturated carbocycles. The maximum Gasteiger partial charge on any atom is 0.261 e. The topological polar surface area (TPSA) is 112 Å². The number of hydrogen-bond acceptors (Lipinski definition) is 5. The molecule has 0 spiro atoms. The lowest BCUT2D eigenvalue weighted by Gasteiger charge is -2.21. The number of anilines is 1. The molecule has 2 amide bonds. The van der Waals surface area contributed by atoms with Gasteiger partial charge < -0.3 is 15.8 Å². The Morgan fingerprint density at radius 1 is 1.27 bits per heavy atom. The van der Waals surface area contributed by atoms with Crippen molar-refractivity contribution in [1.29, 1.82) is 0 Å². The van der Waals surface area contributed by atoms with E-state index in [1.165, 1.54) is 6.20 Å². The second-order valence-corrected chi connectivity index (χ2v) is 5.51. The van der Waals surface area contributed by atoms with Crippen molar-refractivity contribution in [2.45, 2.75) is 11.5 Å². The number of carbonyl (C=O) groups excluding carboxylic acids is 2. The van der Waals surface area contributed by atoms with E-state index < -0.39 is 23.3 Å². The number of H-pyrrole nitrogens is 1. The number of aliphatic hydroxyl groups is 1. The van der Waals surface area contributed by atoms with Gasteiger partial charge in [-0.05, 0) is 12.1 Å². The van der Waals surface area contributed by atoms with Crippen molar-refractivity contribution >= 4 is 29.4 Å². The van der Waals surface area contributed by atoms with Crippen LogP contribution in [0.2, 0.25) is 0 Å². The van der Waals surface area contributed by atoms with Gasteiger partial charge in [0.2, 0.25) is 0 Å². The SMILES string of the molecule is Nc1ncc([C@H](O)[C@@H](Cl)CN2C(=O)c3ccccc3C2=O)[nH]1. The zero-order chi connectivity index (χ0) is 15.9. The fourth-order valence-corrected chi connectivity index (χ4v) is 2.65. The standard InChI is InChI=1S/C14H13ClN4O3/c15-9(11(20)10-5-17-14(16)18-10)6-19-12(21)7-3-1-2-4-8(7)13(19)22/h1-5,9,11,20H,6H2,(H3,16,17,18)/t9-,11+/m0/s1. The fourth-order valence-electron chi connectivity index (χ4n) is 2.38. The van der Waals surface area contributed by atoms with Gasteiger partial charge >= 0.3 is 0 Å². The molecule has 1 aromatic carbocycles. The van der Waals surface area contributed by atoms with Crippen molar-refractivity contribution in [3.8, 4) is 0 Å². The molecule has 0 aliphatic carbocycles. The lowest BCUT2D eigenvalue weighted by molar-refractivity contribution is 0.0624. The van der Waals surface area contributed by atoms with Crippen molar-refractivity contribution < 1.29 is 14.7 Å². The summed E-state index contributed by atoms with van der Waals surface area (Å²) in [6.45, 7) is -0.117. The van der Waals surface area contributed by atoms with Gasteiger partial charge in [-0.25, -0.2) is 4.98 Å². The summed E-state index contributed by atoms with van der Waals surface area (Å²) in [6.07, 6.45) is 0.230. The molecule has 2 aromatic rings. The van der Waals surface area contributed by atoms with E-state index in [0.29, 0.717) is 16.8 Å². The van der Waals surface area contributed by atoms with Crippen LogP contribution in [0.25, 0.3) is 0 Å². The number of imide groups is 1. The molecule has 0 bridgehead atoms. The molecule has 2 heterocycles. The van der Waals surface area contributed by atoms with Crippen LogP contribution in [0.15, 0.2) is 30.5 Å². The molecular formula is C14H13ClN4O3. The molecule has 0 fully saturated rings. The van der Waals surface area contributed by atoms with Gasteiger partial charge in [0, 0.05) is 6.54 Å². The molecule has 0 saturated heterocycles. The monoisotopic (exact) mass is 320 g/mol. The Hall–Kier alpha value is -2.38. The molecule has 4 N–H and O–H groups in total. The van der Waals surface area contributed by atoms with E-state index in [0.717, 1.165) is 4.90 Å². The predicted octanol–water partition coefficient (Wildman–Crippen LogP) is 0.929. The van der Waals surface area contributed by atoms with Gasteiger partial charge in [-0.2, -0.15) is 0 Å². The molecule has 7 nitrogen and oxygen atoms in total. The van der Waals surface area contributed by atoms with Gasteiger partial charge in [-0.1, -0.05) is 12.1 Å². The molecule has 3 rings (SSSR count). The van der Waals surface area contributed by atoms with Gasteiger partial charge in [-0.15, -0.1) is 11.6 Å². The third-order valence-electron chi connectivity index (χ3n) is 3.51. The average Bonchev–Trinajstić information content (AvgIpc) is 3.05. The first-order chi connectivity index (χ1) is 10.5. The summed E-state index contributed by atoms with van der Waals surface area (Å²) in [5, 5.41) is 9.26. The van der Waals surface area contributed by atoms with Crippen molar-refractivity contribution in [2.24, 2.45) is 0 Å². The number of fused-ring (bicyclic) bond motifs is 1. The number of nitrogens with one attached hydrogen (secondary N) is 1. The van der Waals surface area contributed by atoms with Crippen LogP contribution in [0.4, 0.5) is 5.95 Å². The van der Waals surface area contributed by atoms with Gasteiger partial charge in [0.1, 0.15) is 6.10 Å².